The van der Waals surface area contributed by atoms with Gasteiger partial charge in [-0.15, -0.1) is 5.11 Å². The summed E-state index contributed by atoms with van der Waals surface area (Å²) in [5.74, 6) is 0. The second-order valence-electron chi connectivity index (χ2n) is 2.01. The molecule has 0 aromatic heterocycles. The Morgan fingerprint density at radius 3 is 3.36 bits per heavy atom. The van der Waals surface area contributed by atoms with Gasteiger partial charge in [-0.2, -0.15) is 5.11 Å². The highest BCUT2D eigenvalue weighted by Crippen LogP contribution is 2.24. The molecule has 56 valence electrons. The average molecular weight is 167 g/mol. The van der Waals surface area contributed by atoms with Gasteiger partial charge in [0.2, 0.25) is 4.91 Å². The Kier molecular flexibility index (Phi) is 1.52. The van der Waals surface area contributed by atoms with E-state index in [0.29, 0.717) is 10.6 Å². The van der Waals surface area contributed by atoms with Crippen molar-refractivity contribution in [2.24, 2.45) is 10.2 Å². The first-order chi connectivity index (χ1) is 5.38. The molecule has 0 radical (unpaired) electrons. The molecule has 2 rings (SSSR count). The molecule has 1 unspecified atom stereocenters. The molecular weight excluding hydrogens is 162 g/mol. The number of hydrogen-bond acceptors (Lipinski definition) is 4. The van der Waals surface area contributed by atoms with Crippen molar-refractivity contribution in [2.45, 2.75) is 0 Å². The molecule has 2 aliphatic rings. The molecule has 0 spiro atoms. The summed E-state index contributed by atoms with van der Waals surface area (Å²) in [7, 11) is 0. The summed E-state index contributed by atoms with van der Waals surface area (Å²) in [5, 5.41) is 7.42. The van der Waals surface area contributed by atoms with Crippen LogP contribution in [-0.2, 0) is 11.4 Å². The average Bonchev–Trinajstić information content (AvgIpc) is 2.40. The molecule has 0 bridgehead atoms. The summed E-state index contributed by atoms with van der Waals surface area (Å²) < 4.78 is 13.9. The summed E-state index contributed by atoms with van der Waals surface area (Å²) in [6, 6.07) is 0. The van der Waals surface area contributed by atoms with Crippen molar-refractivity contribution in [3.8, 4) is 0 Å². The molecule has 2 aliphatic heterocycles. The van der Waals surface area contributed by atoms with Crippen LogP contribution in [0.25, 0.3) is 0 Å². The third-order valence-corrected chi connectivity index (χ3v) is 2.38. The molecule has 2 heterocycles. The SMILES string of the molecule is [O-][S+]1NC=CC=C2N=NC=C21. The Morgan fingerprint density at radius 1 is 1.55 bits per heavy atom. The molecule has 11 heavy (non-hydrogen) atoms. The summed E-state index contributed by atoms with van der Waals surface area (Å²) in [4.78, 5) is 0.634. The summed E-state index contributed by atoms with van der Waals surface area (Å²) in [6.45, 7) is 0. The normalized spacial score (nSPS) is 26.8. The van der Waals surface area contributed by atoms with Gasteiger partial charge in [-0.1, -0.05) is 0 Å². The first kappa shape index (κ1) is 6.63. The minimum absolute atomic E-state index is 0.634. The lowest BCUT2D eigenvalue weighted by Gasteiger charge is -2.05. The maximum atomic E-state index is 11.2. The van der Waals surface area contributed by atoms with E-state index in [1.165, 1.54) is 6.20 Å². The highest BCUT2D eigenvalue weighted by atomic mass is 32.2. The standard InChI is InChI=1S/C6H5N3OS/c10-11-6-4-7-9-5(6)2-1-3-8-11/h1-4,8H. The molecule has 0 aromatic rings. The lowest BCUT2D eigenvalue weighted by atomic mass is 10.4. The fraction of sp³-hybridized carbons (Fsp3) is 0. The van der Waals surface area contributed by atoms with Crippen molar-refractivity contribution in [1.29, 1.82) is 0 Å². The van der Waals surface area contributed by atoms with Crippen LogP contribution in [0.3, 0.4) is 0 Å². The zero-order valence-electron chi connectivity index (χ0n) is 5.52. The van der Waals surface area contributed by atoms with E-state index < -0.39 is 11.4 Å². The van der Waals surface area contributed by atoms with E-state index in [4.69, 9.17) is 0 Å². The van der Waals surface area contributed by atoms with E-state index in [1.807, 2.05) is 0 Å². The van der Waals surface area contributed by atoms with Crippen molar-refractivity contribution in [1.82, 2.24) is 4.72 Å². The number of fused-ring (bicyclic) bond motifs is 1. The predicted molar refractivity (Wildman–Crippen MR) is 41.4 cm³/mol. The van der Waals surface area contributed by atoms with Crippen LogP contribution in [0.4, 0.5) is 0 Å². The first-order valence-corrected chi connectivity index (χ1v) is 4.19. The Labute approximate surface area is 66.7 Å². The van der Waals surface area contributed by atoms with Crippen LogP contribution in [0, 0.1) is 0 Å². The van der Waals surface area contributed by atoms with Gasteiger partial charge in [0.25, 0.3) is 0 Å². The molecule has 4 nitrogen and oxygen atoms in total. The van der Waals surface area contributed by atoms with Gasteiger partial charge in [-0.05, 0) is 12.2 Å². The lowest BCUT2D eigenvalue weighted by molar-refractivity contribution is 0.596. The molecular formula is C6H5N3OS. The maximum absolute atomic E-state index is 11.2. The fourth-order valence-electron chi connectivity index (χ4n) is 0.821. The van der Waals surface area contributed by atoms with Gasteiger partial charge in [0.05, 0.1) is 0 Å². The van der Waals surface area contributed by atoms with Crippen molar-refractivity contribution >= 4 is 11.4 Å². The quantitative estimate of drug-likeness (QED) is 0.546. The van der Waals surface area contributed by atoms with E-state index in [-0.39, 0.29) is 0 Å². The number of allylic oxidation sites excluding steroid dienone is 2. The van der Waals surface area contributed by atoms with Gasteiger partial charge in [0.15, 0.2) is 0 Å². The molecule has 0 fully saturated rings. The smallest absolute Gasteiger partial charge is 0.227 e. The summed E-state index contributed by atoms with van der Waals surface area (Å²) >= 11 is -1.19. The van der Waals surface area contributed by atoms with Crippen molar-refractivity contribution < 1.29 is 4.55 Å². The third-order valence-electron chi connectivity index (χ3n) is 1.32. The van der Waals surface area contributed by atoms with Crippen LogP contribution in [0.15, 0.2) is 45.4 Å². The third kappa shape index (κ3) is 1.08. The first-order valence-electron chi connectivity index (χ1n) is 3.04. The molecule has 0 saturated heterocycles. The molecule has 0 amide bonds. The second-order valence-corrected chi connectivity index (χ2v) is 3.22. The van der Waals surface area contributed by atoms with Crippen LogP contribution in [-0.4, -0.2) is 4.55 Å². The number of rotatable bonds is 0. The van der Waals surface area contributed by atoms with Gasteiger partial charge in [-0.25, -0.2) is 4.72 Å². The zero-order valence-corrected chi connectivity index (χ0v) is 6.34. The van der Waals surface area contributed by atoms with Gasteiger partial charge in [-0.3, -0.25) is 0 Å². The fourth-order valence-corrected chi connectivity index (χ4v) is 1.59. The largest absolute Gasteiger partial charge is 0.588 e. The van der Waals surface area contributed by atoms with Crippen molar-refractivity contribution in [3.05, 3.63) is 35.2 Å². The monoisotopic (exact) mass is 167 g/mol. The number of hydrogen-bond donors (Lipinski definition) is 1. The van der Waals surface area contributed by atoms with Crippen molar-refractivity contribution in [2.75, 3.05) is 0 Å². The topological polar surface area (TPSA) is 59.8 Å². The van der Waals surface area contributed by atoms with E-state index in [9.17, 15) is 4.55 Å². The Balaban J connectivity index is 2.39. The minimum Gasteiger partial charge on any atom is -0.588 e. The molecule has 0 aliphatic carbocycles. The van der Waals surface area contributed by atoms with Gasteiger partial charge in [0, 0.05) is 6.20 Å². The van der Waals surface area contributed by atoms with Crippen LogP contribution in [0.2, 0.25) is 0 Å². The number of nitrogens with zero attached hydrogens (tertiary/aromatic N) is 2. The van der Waals surface area contributed by atoms with E-state index >= 15 is 0 Å². The van der Waals surface area contributed by atoms with Gasteiger partial charge >= 0.3 is 0 Å². The predicted octanol–water partition coefficient (Wildman–Crippen LogP) is 0.958. The highest BCUT2D eigenvalue weighted by molar-refractivity contribution is 7.93. The Bertz CT molecular complexity index is 292. The lowest BCUT2D eigenvalue weighted by Crippen LogP contribution is -2.18. The Morgan fingerprint density at radius 2 is 2.45 bits per heavy atom. The summed E-state index contributed by atoms with van der Waals surface area (Å²) in [5.41, 5.74) is 0.671. The summed E-state index contributed by atoms with van der Waals surface area (Å²) in [6.07, 6.45) is 6.64. The number of nitrogens with one attached hydrogen (secondary N) is 1. The molecule has 5 heteroatoms. The zero-order chi connectivity index (χ0) is 7.68. The van der Waals surface area contributed by atoms with Crippen molar-refractivity contribution in [3.63, 3.8) is 0 Å². The molecule has 1 N–H and O–H groups in total. The molecule has 0 aromatic carbocycles. The van der Waals surface area contributed by atoms with Gasteiger partial charge < -0.3 is 4.55 Å². The van der Waals surface area contributed by atoms with Gasteiger partial charge in [0.1, 0.15) is 23.3 Å². The molecule has 0 saturated carbocycles. The van der Waals surface area contributed by atoms with E-state index in [1.54, 1.807) is 18.4 Å². The minimum atomic E-state index is -1.19. The van der Waals surface area contributed by atoms with E-state index in [2.05, 4.69) is 15.0 Å². The molecule has 1 atom stereocenters. The van der Waals surface area contributed by atoms with Crippen LogP contribution in [0.5, 0.6) is 0 Å². The number of azo groups is 1. The van der Waals surface area contributed by atoms with Crippen LogP contribution < -0.4 is 4.72 Å². The Hall–Kier alpha value is -1.07. The van der Waals surface area contributed by atoms with E-state index in [0.717, 1.165) is 0 Å². The maximum Gasteiger partial charge on any atom is 0.227 e. The second kappa shape index (κ2) is 2.52. The van der Waals surface area contributed by atoms with Crippen LogP contribution >= 0.6 is 0 Å². The van der Waals surface area contributed by atoms with Crippen LogP contribution in [0.1, 0.15) is 0 Å². The highest BCUT2D eigenvalue weighted by Gasteiger charge is 2.23.